The molecule has 0 radical (unpaired) electrons. The molecule has 2 aromatic carbocycles. The van der Waals surface area contributed by atoms with Gasteiger partial charge in [-0.2, -0.15) is 9.57 Å². The lowest BCUT2D eigenvalue weighted by Crippen LogP contribution is -2.48. The number of halogens is 2. The lowest BCUT2D eigenvalue weighted by molar-refractivity contribution is 0.181. The second-order valence-electron chi connectivity index (χ2n) is 8.85. The Hall–Kier alpha value is -2.22. The van der Waals surface area contributed by atoms with Crippen molar-refractivity contribution in [3.05, 3.63) is 58.4 Å². The number of rotatable bonds is 5. The van der Waals surface area contributed by atoms with Crippen LogP contribution in [0.25, 0.3) is 0 Å². The standard InChI is InChI=1S/C24H29ClFN5O2S/c1-28-7-2-8-30(12-9-28)22-5-3-19(17-27)20(15-22)18-29-10-13-31(14-11-29)34(32,33)24-6-4-21(26)16-23(24)25/h3-6,15-16H,2,7-14,18H2,1H3. The van der Waals surface area contributed by atoms with E-state index >= 15 is 0 Å². The fourth-order valence-electron chi connectivity index (χ4n) is 4.51. The summed E-state index contributed by atoms with van der Waals surface area (Å²) in [6, 6.07) is 11.6. The van der Waals surface area contributed by atoms with E-state index in [4.69, 9.17) is 11.6 Å². The Labute approximate surface area is 206 Å². The van der Waals surface area contributed by atoms with Crippen molar-refractivity contribution in [3.8, 4) is 6.07 Å². The van der Waals surface area contributed by atoms with Crippen molar-refractivity contribution < 1.29 is 12.8 Å². The fourth-order valence-corrected chi connectivity index (χ4v) is 6.44. The molecule has 0 unspecified atom stereocenters. The molecule has 0 amide bonds. The molecule has 0 aromatic heterocycles. The van der Waals surface area contributed by atoms with Crippen LogP contribution in [0.15, 0.2) is 41.3 Å². The number of benzene rings is 2. The number of likely N-dealkylation sites (N-methyl/N-ethyl adjacent to an activating group) is 1. The van der Waals surface area contributed by atoms with E-state index in [1.807, 2.05) is 12.1 Å². The first-order chi connectivity index (χ1) is 16.3. The highest BCUT2D eigenvalue weighted by atomic mass is 35.5. The number of nitriles is 1. The molecule has 10 heteroatoms. The maximum atomic E-state index is 13.4. The van der Waals surface area contributed by atoms with Crippen LogP contribution in [0.5, 0.6) is 0 Å². The average molecular weight is 506 g/mol. The van der Waals surface area contributed by atoms with Crippen LogP contribution in [-0.4, -0.2) is 81.9 Å². The molecule has 2 saturated heterocycles. The quantitative estimate of drug-likeness (QED) is 0.622. The van der Waals surface area contributed by atoms with Gasteiger partial charge in [0.05, 0.1) is 16.7 Å². The SMILES string of the molecule is CN1CCCN(c2ccc(C#N)c(CN3CCN(S(=O)(=O)c4ccc(F)cc4Cl)CC3)c2)CC1. The summed E-state index contributed by atoms with van der Waals surface area (Å²) >= 11 is 6.01. The Bertz CT molecular complexity index is 1180. The van der Waals surface area contributed by atoms with Crippen molar-refractivity contribution in [2.75, 3.05) is 64.3 Å². The number of nitrogens with zero attached hydrogens (tertiary/aromatic N) is 5. The minimum absolute atomic E-state index is 0.0772. The molecule has 4 rings (SSSR count). The minimum atomic E-state index is -3.80. The van der Waals surface area contributed by atoms with Gasteiger partial charge in [0.25, 0.3) is 0 Å². The fraction of sp³-hybridized carbons (Fsp3) is 0.458. The van der Waals surface area contributed by atoms with E-state index in [1.165, 1.54) is 10.4 Å². The first-order valence-electron chi connectivity index (χ1n) is 11.4. The predicted octanol–water partition coefficient (Wildman–Crippen LogP) is 3.00. The molecule has 2 aliphatic rings. The predicted molar refractivity (Wildman–Crippen MR) is 131 cm³/mol. The Kier molecular flexibility index (Phi) is 7.75. The normalized spacial score (nSPS) is 19.1. The third kappa shape index (κ3) is 5.53. The number of piperazine rings is 1. The molecule has 182 valence electrons. The number of anilines is 1. The molecule has 2 heterocycles. The lowest BCUT2D eigenvalue weighted by atomic mass is 10.1. The summed E-state index contributed by atoms with van der Waals surface area (Å²) in [6.45, 7) is 6.26. The van der Waals surface area contributed by atoms with E-state index in [1.54, 1.807) is 0 Å². The molecule has 0 aliphatic carbocycles. The van der Waals surface area contributed by atoms with Crippen LogP contribution < -0.4 is 4.90 Å². The molecule has 0 bridgehead atoms. The molecule has 0 spiro atoms. The third-order valence-corrected chi connectivity index (χ3v) is 8.91. The maximum Gasteiger partial charge on any atom is 0.244 e. The summed E-state index contributed by atoms with van der Waals surface area (Å²) < 4.78 is 40.8. The maximum absolute atomic E-state index is 13.4. The zero-order chi connectivity index (χ0) is 24.3. The molecular weight excluding hydrogens is 477 g/mol. The van der Waals surface area contributed by atoms with Crippen molar-refractivity contribution in [3.63, 3.8) is 0 Å². The van der Waals surface area contributed by atoms with Crippen molar-refractivity contribution in [1.82, 2.24) is 14.1 Å². The topological polar surface area (TPSA) is 70.9 Å². The van der Waals surface area contributed by atoms with E-state index < -0.39 is 15.8 Å². The summed E-state index contributed by atoms with van der Waals surface area (Å²) in [5, 5.41) is 9.52. The molecule has 0 N–H and O–H groups in total. The number of sulfonamides is 1. The van der Waals surface area contributed by atoms with Crippen LogP contribution in [0.2, 0.25) is 5.02 Å². The summed E-state index contributed by atoms with van der Waals surface area (Å²) in [5.41, 5.74) is 2.72. The summed E-state index contributed by atoms with van der Waals surface area (Å²) in [5.74, 6) is -0.573. The van der Waals surface area contributed by atoms with E-state index in [2.05, 4.69) is 33.9 Å². The van der Waals surface area contributed by atoms with Gasteiger partial charge in [0.15, 0.2) is 0 Å². The summed E-state index contributed by atoms with van der Waals surface area (Å²) in [4.78, 5) is 6.78. The summed E-state index contributed by atoms with van der Waals surface area (Å²) in [7, 11) is -1.67. The molecular formula is C24H29ClFN5O2S. The largest absolute Gasteiger partial charge is 0.370 e. The van der Waals surface area contributed by atoms with Crippen LogP contribution in [0.1, 0.15) is 17.5 Å². The van der Waals surface area contributed by atoms with E-state index in [9.17, 15) is 18.1 Å². The number of hydrogen-bond acceptors (Lipinski definition) is 6. The van der Waals surface area contributed by atoms with Gasteiger partial charge in [0.2, 0.25) is 10.0 Å². The van der Waals surface area contributed by atoms with Crippen molar-refractivity contribution in [2.24, 2.45) is 0 Å². The van der Waals surface area contributed by atoms with Gasteiger partial charge >= 0.3 is 0 Å². The molecule has 0 atom stereocenters. The van der Waals surface area contributed by atoms with E-state index in [-0.39, 0.29) is 9.92 Å². The highest BCUT2D eigenvalue weighted by Crippen LogP contribution is 2.27. The van der Waals surface area contributed by atoms with Gasteiger partial charge in [-0.15, -0.1) is 0 Å². The highest BCUT2D eigenvalue weighted by molar-refractivity contribution is 7.89. The molecule has 7 nitrogen and oxygen atoms in total. The van der Waals surface area contributed by atoms with Crippen molar-refractivity contribution in [1.29, 1.82) is 5.26 Å². The van der Waals surface area contributed by atoms with Gasteiger partial charge < -0.3 is 9.80 Å². The zero-order valence-corrected chi connectivity index (χ0v) is 20.8. The molecule has 0 saturated carbocycles. The monoisotopic (exact) mass is 505 g/mol. The molecule has 2 fully saturated rings. The molecule has 2 aliphatic heterocycles. The van der Waals surface area contributed by atoms with Gasteiger partial charge in [-0.25, -0.2) is 12.8 Å². The van der Waals surface area contributed by atoms with Crippen LogP contribution in [0.4, 0.5) is 10.1 Å². The Morgan fingerprint density at radius 2 is 1.76 bits per heavy atom. The lowest BCUT2D eigenvalue weighted by Gasteiger charge is -2.34. The van der Waals surface area contributed by atoms with E-state index in [0.717, 1.165) is 56.0 Å². The van der Waals surface area contributed by atoms with Crippen LogP contribution in [0, 0.1) is 17.1 Å². The Morgan fingerprint density at radius 1 is 1.00 bits per heavy atom. The number of hydrogen-bond donors (Lipinski definition) is 0. The Balaban J connectivity index is 1.44. The van der Waals surface area contributed by atoms with Crippen LogP contribution in [0.3, 0.4) is 0 Å². The molecule has 2 aromatic rings. The average Bonchev–Trinajstić information content (AvgIpc) is 3.03. The second-order valence-corrected chi connectivity index (χ2v) is 11.2. The molecule has 34 heavy (non-hydrogen) atoms. The van der Waals surface area contributed by atoms with Gasteiger partial charge in [0, 0.05) is 58.0 Å². The zero-order valence-electron chi connectivity index (χ0n) is 19.3. The van der Waals surface area contributed by atoms with Crippen molar-refractivity contribution in [2.45, 2.75) is 17.9 Å². The van der Waals surface area contributed by atoms with Crippen LogP contribution in [-0.2, 0) is 16.6 Å². The summed E-state index contributed by atoms with van der Waals surface area (Å²) in [6.07, 6.45) is 1.10. The highest BCUT2D eigenvalue weighted by Gasteiger charge is 2.30. The third-order valence-electron chi connectivity index (χ3n) is 6.53. The van der Waals surface area contributed by atoms with Crippen LogP contribution >= 0.6 is 11.6 Å². The van der Waals surface area contributed by atoms with Gasteiger partial charge in [-0.1, -0.05) is 11.6 Å². The Morgan fingerprint density at radius 3 is 2.47 bits per heavy atom. The van der Waals surface area contributed by atoms with Gasteiger partial charge in [-0.05, 0) is 62.0 Å². The van der Waals surface area contributed by atoms with Crippen molar-refractivity contribution >= 4 is 27.3 Å². The second kappa shape index (κ2) is 10.6. The minimum Gasteiger partial charge on any atom is -0.370 e. The van der Waals surface area contributed by atoms with Gasteiger partial charge in [-0.3, -0.25) is 4.90 Å². The van der Waals surface area contributed by atoms with E-state index in [0.29, 0.717) is 38.3 Å². The van der Waals surface area contributed by atoms with Gasteiger partial charge in [0.1, 0.15) is 10.7 Å². The smallest absolute Gasteiger partial charge is 0.244 e. The first kappa shape index (κ1) is 24.9. The first-order valence-corrected chi connectivity index (χ1v) is 13.2.